The minimum Gasteiger partial charge on any atom is -0.505 e. The maximum Gasteiger partial charge on any atom is 0.146 e. The molecule has 4 heteroatoms. The summed E-state index contributed by atoms with van der Waals surface area (Å²) in [5, 5.41) is 20.0. The maximum absolute atomic E-state index is 10.9. The number of rotatable bonds is 5. The van der Waals surface area contributed by atoms with Crippen LogP contribution in [0, 0.1) is 5.41 Å². The Labute approximate surface area is 161 Å². The van der Waals surface area contributed by atoms with Crippen molar-refractivity contribution in [3.63, 3.8) is 0 Å². The van der Waals surface area contributed by atoms with Gasteiger partial charge in [-0.3, -0.25) is 0 Å². The second-order valence-electron chi connectivity index (χ2n) is 9.10. The number of aromatic nitrogens is 3. The lowest BCUT2D eigenvalue weighted by Gasteiger charge is -2.33. The van der Waals surface area contributed by atoms with Gasteiger partial charge in [-0.2, -0.15) is 0 Å². The molecule has 1 heterocycles. The molecule has 0 bridgehead atoms. The predicted octanol–water partition coefficient (Wildman–Crippen LogP) is 5.57. The maximum atomic E-state index is 10.9. The Morgan fingerprint density at radius 2 is 1.63 bits per heavy atom. The number of aromatic hydroxyl groups is 1. The van der Waals surface area contributed by atoms with Crippen LogP contribution in [0.5, 0.6) is 5.75 Å². The van der Waals surface area contributed by atoms with Crippen molar-refractivity contribution in [2.45, 2.75) is 52.9 Å². The van der Waals surface area contributed by atoms with Gasteiger partial charge in [-0.1, -0.05) is 58.9 Å². The van der Waals surface area contributed by atoms with Crippen LogP contribution in [-0.2, 0) is 11.8 Å². The molecule has 0 saturated heterocycles. The quantitative estimate of drug-likeness (QED) is 0.603. The van der Waals surface area contributed by atoms with E-state index in [1.165, 1.54) is 5.56 Å². The van der Waals surface area contributed by atoms with Crippen LogP contribution in [0.3, 0.4) is 0 Å². The predicted molar refractivity (Wildman–Crippen MR) is 112 cm³/mol. The van der Waals surface area contributed by atoms with Crippen molar-refractivity contribution in [1.82, 2.24) is 15.0 Å². The summed E-state index contributed by atoms with van der Waals surface area (Å²) < 4.78 is 0. The van der Waals surface area contributed by atoms with E-state index >= 15 is 0 Å². The van der Waals surface area contributed by atoms with Crippen molar-refractivity contribution in [2.75, 3.05) is 0 Å². The van der Waals surface area contributed by atoms with Crippen LogP contribution in [0.2, 0.25) is 0 Å². The van der Waals surface area contributed by atoms with Crippen molar-refractivity contribution >= 4 is 11.0 Å². The standard InChI is InChI=1S/C23H29N3O/c1-7-10-16-13-17(23(5,6)15-22(2,3)4)14-20(21(16)27)26-24-18-11-8-9-12-19(18)25-26/h7-9,11-14,27H,1,10,15H2,2-6H3. The lowest BCUT2D eigenvalue weighted by molar-refractivity contribution is 0.284. The van der Waals surface area contributed by atoms with Gasteiger partial charge in [-0.15, -0.1) is 21.6 Å². The topological polar surface area (TPSA) is 50.9 Å². The van der Waals surface area contributed by atoms with E-state index in [1.807, 2.05) is 36.4 Å². The summed E-state index contributed by atoms with van der Waals surface area (Å²) in [6.45, 7) is 15.1. The Morgan fingerprint density at radius 3 is 2.15 bits per heavy atom. The fraction of sp³-hybridized carbons (Fsp3) is 0.391. The van der Waals surface area contributed by atoms with Gasteiger partial charge < -0.3 is 5.11 Å². The molecule has 0 radical (unpaired) electrons. The molecule has 3 aromatic rings. The molecule has 1 N–H and O–H groups in total. The lowest BCUT2D eigenvalue weighted by Crippen LogP contribution is -2.25. The first-order valence-electron chi connectivity index (χ1n) is 9.40. The summed E-state index contributed by atoms with van der Waals surface area (Å²) in [7, 11) is 0. The second kappa shape index (κ2) is 6.84. The highest BCUT2D eigenvalue weighted by Crippen LogP contribution is 2.39. The Hall–Kier alpha value is -2.62. The van der Waals surface area contributed by atoms with Gasteiger partial charge in [0.1, 0.15) is 22.5 Å². The third kappa shape index (κ3) is 4.05. The number of hydrogen-bond donors (Lipinski definition) is 1. The second-order valence-corrected chi connectivity index (χ2v) is 9.10. The molecule has 0 amide bonds. The summed E-state index contributed by atoms with van der Waals surface area (Å²) >= 11 is 0. The lowest BCUT2D eigenvalue weighted by atomic mass is 9.72. The van der Waals surface area contributed by atoms with Crippen LogP contribution in [0.1, 0.15) is 52.2 Å². The Kier molecular flexibility index (Phi) is 4.85. The van der Waals surface area contributed by atoms with Gasteiger partial charge >= 0.3 is 0 Å². The Morgan fingerprint density at radius 1 is 1.04 bits per heavy atom. The van der Waals surface area contributed by atoms with Crippen LogP contribution in [0.15, 0.2) is 49.1 Å². The van der Waals surface area contributed by atoms with Crippen molar-refractivity contribution in [3.05, 3.63) is 60.2 Å². The van der Waals surface area contributed by atoms with Gasteiger partial charge in [0.25, 0.3) is 0 Å². The van der Waals surface area contributed by atoms with Crippen molar-refractivity contribution in [2.24, 2.45) is 5.41 Å². The fourth-order valence-electron chi connectivity index (χ4n) is 3.93. The average molecular weight is 364 g/mol. The number of benzene rings is 2. The minimum absolute atomic E-state index is 0.0524. The molecule has 3 rings (SSSR count). The molecule has 1 aromatic heterocycles. The van der Waals surface area contributed by atoms with E-state index in [4.69, 9.17) is 0 Å². The molecule has 0 spiro atoms. The van der Waals surface area contributed by atoms with Crippen molar-refractivity contribution < 1.29 is 5.11 Å². The molecule has 0 aliphatic heterocycles. The molecule has 0 aliphatic rings. The number of phenolic OH excluding ortho intramolecular Hbond substituents is 1. The van der Waals surface area contributed by atoms with Crippen LogP contribution in [0.4, 0.5) is 0 Å². The van der Waals surface area contributed by atoms with E-state index in [2.05, 4.69) is 57.5 Å². The van der Waals surface area contributed by atoms with E-state index in [-0.39, 0.29) is 16.6 Å². The summed E-state index contributed by atoms with van der Waals surface area (Å²) in [6.07, 6.45) is 3.43. The van der Waals surface area contributed by atoms with Crippen LogP contribution >= 0.6 is 0 Å². The number of allylic oxidation sites excluding steroid dienone is 1. The number of phenols is 1. The molecular weight excluding hydrogens is 334 g/mol. The van der Waals surface area contributed by atoms with Gasteiger partial charge in [-0.25, -0.2) is 0 Å². The zero-order valence-electron chi connectivity index (χ0n) is 17.0. The van der Waals surface area contributed by atoms with E-state index in [0.717, 1.165) is 23.0 Å². The summed E-state index contributed by atoms with van der Waals surface area (Å²) in [5.74, 6) is 0.213. The minimum atomic E-state index is -0.0524. The highest BCUT2D eigenvalue weighted by molar-refractivity contribution is 5.73. The van der Waals surface area contributed by atoms with Crippen LogP contribution < -0.4 is 0 Å². The molecule has 0 saturated carbocycles. The third-order valence-corrected chi connectivity index (χ3v) is 4.79. The highest BCUT2D eigenvalue weighted by atomic mass is 16.3. The first kappa shape index (κ1) is 19.2. The normalized spacial score (nSPS) is 12.5. The van der Waals surface area contributed by atoms with Gasteiger partial charge in [0.15, 0.2) is 0 Å². The Balaban J connectivity index is 2.18. The number of fused-ring (bicyclic) bond motifs is 1. The fourth-order valence-corrected chi connectivity index (χ4v) is 3.93. The first-order valence-corrected chi connectivity index (χ1v) is 9.40. The van der Waals surface area contributed by atoms with Crippen LogP contribution in [0.25, 0.3) is 16.7 Å². The largest absolute Gasteiger partial charge is 0.505 e. The van der Waals surface area contributed by atoms with Crippen molar-refractivity contribution in [3.8, 4) is 11.4 Å². The van der Waals surface area contributed by atoms with E-state index < -0.39 is 0 Å². The van der Waals surface area contributed by atoms with Gasteiger partial charge in [0.2, 0.25) is 0 Å². The van der Waals surface area contributed by atoms with Gasteiger partial charge in [-0.05, 0) is 47.4 Å². The molecule has 0 fully saturated rings. The zero-order valence-corrected chi connectivity index (χ0v) is 17.0. The summed E-state index contributed by atoms with van der Waals surface area (Å²) in [5.41, 5.74) is 4.39. The first-order chi connectivity index (χ1) is 12.6. The number of nitrogens with zero attached hydrogens (tertiary/aromatic N) is 3. The molecule has 2 aromatic carbocycles. The van der Waals surface area contributed by atoms with Gasteiger partial charge in [0, 0.05) is 5.56 Å². The van der Waals surface area contributed by atoms with Gasteiger partial charge in [0.05, 0.1) is 0 Å². The SMILES string of the molecule is C=CCc1cc(C(C)(C)CC(C)(C)C)cc(-n2nc3ccccc3n2)c1O. The van der Waals surface area contributed by atoms with E-state index in [1.54, 1.807) is 4.80 Å². The zero-order chi connectivity index (χ0) is 19.8. The monoisotopic (exact) mass is 363 g/mol. The Bertz CT molecular complexity index is 944. The molecule has 0 unspecified atom stereocenters. The van der Waals surface area contributed by atoms with E-state index in [9.17, 15) is 5.11 Å². The molecular formula is C23H29N3O. The molecule has 27 heavy (non-hydrogen) atoms. The summed E-state index contributed by atoms with van der Waals surface area (Å²) in [6, 6.07) is 11.8. The van der Waals surface area contributed by atoms with E-state index in [0.29, 0.717) is 12.1 Å². The van der Waals surface area contributed by atoms with Crippen LogP contribution in [-0.4, -0.2) is 20.1 Å². The summed E-state index contributed by atoms with van der Waals surface area (Å²) in [4.78, 5) is 1.54. The molecule has 4 nitrogen and oxygen atoms in total. The molecule has 142 valence electrons. The third-order valence-electron chi connectivity index (χ3n) is 4.79. The molecule has 0 atom stereocenters. The average Bonchev–Trinajstić information content (AvgIpc) is 2.98. The highest BCUT2D eigenvalue weighted by Gasteiger charge is 2.29. The smallest absolute Gasteiger partial charge is 0.146 e. The molecule has 0 aliphatic carbocycles. The van der Waals surface area contributed by atoms with Crippen molar-refractivity contribution in [1.29, 1.82) is 0 Å². The number of hydrogen-bond acceptors (Lipinski definition) is 3.